The second-order valence-electron chi connectivity index (χ2n) is 5.58. The molecule has 5 heteroatoms. The Morgan fingerprint density at radius 1 is 1.09 bits per heavy atom. The number of carbonyl (C=O) groups excluding carboxylic acids is 1. The van der Waals surface area contributed by atoms with E-state index in [1.807, 2.05) is 24.3 Å². The van der Waals surface area contributed by atoms with Crippen LogP contribution in [-0.4, -0.2) is 22.2 Å². The summed E-state index contributed by atoms with van der Waals surface area (Å²) in [4.78, 5) is 12.1. The molecule has 2 aromatic carbocycles. The molecule has 0 radical (unpaired) electrons. The van der Waals surface area contributed by atoms with Crippen LogP contribution < -0.4 is 10.6 Å². The fraction of sp³-hybridized carbons (Fsp3) is 0.222. The van der Waals surface area contributed by atoms with Gasteiger partial charge in [-0.05, 0) is 48.3 Å². The van der Waals surface area contributed by atoms with Crippen LogP contribution in [0.25, 0.3) is 0 Å². The molecule has 1 amide bonds. The lowest BCUT2D eigenvalue weighted by Gasteiger charge is -2.31. The largest absolute Gasteiger partial charge is 0.391 e. The molecule has 0 saturated carbocycles. The summed E-state index contributed by atoms with van der Waals surface area (Å²) in [7, 11) is 0. The molecule has 3 rings (SSSR count). The number of thiocarbonyl (C=S) groups is 1. The summed E-state index contributed by atoms with van der Waals surface area (Å²) in [6.07, 6.45) is 0.985. The van der Waals surface area contributed by atoms with Crippen molar-refractivity contribution in [1.82, 2.24) is 10.6 Å². The highest BCUT2D eigenvalue weighted by molar-refractivity contribution is 7.80. The van der Waals surface area contributed by atoms with Crippen LogP contribution in [0.4, 0.5) is 0 Å². The molecule has 1 aliphatic carbocycles. The molecule has 0 heterocycles. The smallest absolute Gasteiger partial charge is 0.257 e. The minimum Gasteiger partial charge on any atom is -0.391 e. The first-order chi connectivity index (χ1) is 11.1. The van der Waals surface area contributed by atoms with Gasteiger partial charge in [0.2, 0.25) is 0 Å². The lowest BCUT2D eigenvalue weighted by Crippen LogP contribution is -2.45. The van der Waals surface area contributed by atoms with E-state index in [9.17, 15) is 9.90 Å². The number of nitrogens with one attached hydrogen (secondary N) is 2. The van der Waals surface area contributed by atoms with E-state index in [-0.39, 0.29) is 17.1 Å². The van der Waals surface area contributed by atoms with Crippen molar-refractivity contribution >= 4 is 23.2 Å². The first-order valence-electron chi connectivity index (χ1n) is 7.58. The van der Waals surface area contributed by atoms with Crippen LogP contribution in [-0.2, 0) is 6.42 Å². The van der Waals surface area contributed by atoms with Crippen LogP contribution in [0, 0.1) is 0 Å². The van der Waals surface area contributed by atoms with Gasteiger partial charge in [-0.3, -0.25) is 10.1 Å². The Morgan fingerprint density at radius 2 is 1.78 bits per heavy atom. The van der Waals surface area contributed by atoms with Gasteiger partial charge in [0.05, 0.1) is 12.1 Å². The van der Waals surface area contributed by atoms with E-state index in [0.717, 1.165) is 12.0 Å². The number of aryl methyl sites for hydroxylation is 1. The number of rotatable bonds is 2. The van der Waals surface area contributed by atoms with E-state index >= 15 is 0 Å². The Kier molecular flexibility index (Phi) is 4.69. The SMILES string of the molecule is O=C(NC(=S)N[C@@H]1c2ccccc2CC[C@H]1O)c1ccccc1. The predicted molar refractivity (Wildman–Crippen MR) is 93.2 cm³/mol. The molecule has 1 aliphatic rings. The van der Waals surface area contributed by atoms with Crippen molar-refractivity contribution < 1.29 is 9.90 Å². The second kappa shape index (κ2) is 6.89. The normalized spacial score (nSPS) is 19.5. The van der Waals surface area contributed by atoms with Crippen molar-refractivity contribution in [3.05, 3.63) is 71.3 Å². The number of aliphatic hydroxyl groups is 1. The van der Waals surface area contributed by atoms with E-state index in [2.05, 4.69) is 16.7 Å². The van der Waals surface area contributed by atoms with Crippen molar-refractivity contribution in [3.63, 3.8) is 0 Å². The molecule has 0 aromatic heterocycles. The highest BCUT2D eigenvalue weighted by Gasteiger charge is 2.28. The summed E-state index contributed by atoms with van der Waals surface area (Å²) in [6.45, 7) is 0. The molecule has 0 unspecified atom stereocenters. The average molecular weight is 326 g/mol. The van der Waals surface area contributed by atoms with E-state index in [1.165, 1.54) is 5.56 Å². The minimum atomic E-state index is -0.531. The van der Waals surface area contributed by atoms with Crippen LogP contribution in [0.3, 0.4) is 0 Å². The van der Waals surface area contributed by atoms with Gasteiger partial charge in [-0.25, -0.2) is 0 Å². The summed E-state index contributed by atoms with van der Waals surface area (Å²) < 4.78 is 0. The standard InChI is InChI=1S/C18H18N2O2S/c21-15-11-10-12-6-4-5-9-14(12)16(15)19-18(23)20-17(22)13-7-2-1-3-8-13/h1-9,15-16,21H,10-11H2,(H2,19,20,22,23)/t15-,16-/m1/s1. The first kappa shape index (κ1) is 15.6. The van der Waals surface area contributed by atoms with Gasteiger partial charge in [-0.15, -0.1) is 0 Å². The van der Waals surface area contributed by atoms with Crippen molar-refractivity contribution in [3.8, 4) is 0 Å². The average Bonchev–Trinajstić information content (AvgIpc) is 2.58. The zero-order chi connectivity index (χ0) is 16.2. The van der Waals surface area contributed by atoms with Crippen molar-refractivity contribution in [2.75, 3.05) is 0 Å². The molecule has 3 N–H and O–H groups in total. The number of amides is 1. The summed E-state index contributed by atoms with van der Waals surface area (Å²) in [5.74, 6) is -0.262. The Morgan fingerprint density at radius 3 is 2.57 bits per heavy atom. The Labute approximate surface area is 140 Å². The quantitative estimate of drug-likeness (QED) is 0.742. The van der Waals surface area contributed by atoms with Gasteiger partial charge in [0.1, 0.15) is 0 Å². The molecule has 4 nitrogen and oxygen atoms in total. The summed E-state index contributed by atoms with van der Waals surface area (Å²) in [5, 5.41) is 16.2. The van der Waals surface area contributed by atoms with Gasteiger partial charge in [-0.2, -0.15) is 0 Å². The Balaban J connectivity index is 1.69. The summed E-state index contributed by atoms with van der Waals surface area (Å²) in [6, 6.07) is 16.6. The van der Waals surface area contributed by atoms with Crippen molar-refractivity contribution in [2.24, 2.45) is 0 Å². The van der Waals surface area contributed by atoms with Crippen molar-refractivity contribution in [1.29, 1.82) is 0 Å². The lowest BCUT2D eigenvalue weighted by molar-refractivity contribution is 0.0970. The molecule has 2 atom stereocenters. The molecule has 2 aromatic rings. The van der Waals surface area contributed by atoms with Crippen LogP contribution in [0.5, 0.6) is 0 Å². The van der Waals surface area contributed by atoms with Gasteiger partial charge in [0.25, 0.3) is 5.91 Å². The number of fused-ring (bicyclic) bond motifs is 1. The minimum absolute atomic E-state index is 0.222. The van der Waals surface area contributed by atoms with Crippen molar-refractivity contribution in [2.45, 2.75) is 25.0 Å². The molecular weight excluding hydrogens is 308 g/mol. The molecule has 0 saturated heterocycles. The van der Waals surface area contributed by atoms with E-state index < -0.39 is 6.10 Å². The third-order valence-electron chi connectivity index (χ3n) is 4.03. The monoisotopic (exact) mass is 326 g/mol. The molecule has 0 fully saturated rings. The molecule has 118 valence electrons. The fourth-order valence-electron chi connectivity index (χ4n) is 2.86. The van der Waals surface area contributed by atoms with Crippen LogP contribution in [0.15, 0.2) is 54.6 Å². The van der Waals surface area contributed by atoms with Gasteiger partial charge in [0, 0.05) is 5.56 Å². The predicted octanol–water partition coefficient (Wildman–Crippen LogP) is 2.34. The van der Waals surface area contributed by atoms with E-state index in [4.69, 9.17) is 12.2 Å². The highest BCUT2D eigenvalue weighted by Crippen LogP contribution is 2.29. The number of aliphatic hydroxyl groups excluding tert-OH is 1. The topological polar surface area (TPSA) is 61.4 Å². The zero-order valence-corrected chi connectivity index (χ0v) is 13.3. The second-order valence-corrected chi connectivity index (χ2v) is 5.98. The number of hydrogen-bond donors (Lipinski definition) is 3. The van der Waals surface area contributed by atoms with Crippen LogP contribution >= 0.6 is 12.2 Å². The molecule has 23 heavy (non-hydrogen) atoms. The number of hydrogen-bond acceptors (Lipinski definition) is 3. The maximum absolute atomic E-state index is 12.1. The van der Waals surface area contributed by atoms with Gasteiger partial charge < -0.3 is 10.4 Å². The zero-order valence-electron chi connectivity index (χ0n) is 12.5. The maximum Gasteiger partial charge on any atom is 0.257 e. The molecule has 0 aliphatic heterocycles. The highest BCUT2D eigenvalue weighted by atomic mass is 32.1. The Hall–Kier alpha value is -2.24. The van der Waals surface area contributed by atoms with Gasteiger partial charge in [0.15, 0.2) is 5.11 Å². The molecular formula is C18H18N2O2S. The van der Waals surface area contributed by atoms with Gasteiger partial charge in [-0.1, -0.05) is 42.5 Å². The van der Waals surface area contributed by atoms with E-state index in [0.29, 0.717) is 12.0 Å². The number of benzene rings is 2. The molecule has 0 bridgehead atoms. The lowest BCUT2D eigenvalue weighted by atomic mass is 9.86. The molecule has 0 spiro atoms. The van der Waals surface area contributed by atoms with Gasteiger partial charge >= 0.3 is 0 Å². The summed E-state index contributed by atoms with van der Waals surface area (Å²) >= 11 is 5.24. The number of carbonyl (C=O) groups is 1. The third kappa shape index (κ3) is 3.57. The summed E-state index contributed by atoms with van der Waals surface area (Å²) in [5.41, 5.74) is 2.77. The third-order valence-corrected chi connectivity index (χ3v) is 4.25. The van der Waals surface area contributed by atoms with E-state index in [1.54, 1.807) is 24.3 Å². The van der Waals surface area contributed by atoms with Crippen LogP contribution in [0.1, 0.15) is 33.9 Å². The van der Waals surface area contributed by atoms with Crippen LogP contribution in [0.2, 0.25) is 0 Å². The maximum atomic E-state index is 12.1. The fourth-order valence-corrected chi connectivity index (χ4v) is 3.08. The first-order valence-corrected chi connectivity index (χ1v) is 7.99. The Bertz CT molecular complexity index is 718.